The minimum Gasteiger partial charge on any atom is -0.497 e. The molecule has 0 spiro atoms. The molecule has 0 atom stereocenters. The first-order valence-corrected chi connectivity index (χ1v) is 12.2. The number of nitriles is 1. The van der Waals surface area contributed by atoms with Crippen LogP contribution in [0.1, 0.15) is 22.3 Å². The Morgan fingerprint density at radius 2 is 1.80 bits per heavy atom. The summed E-state index contributed by atoms with van der Waals surface area (Å²) in [6, 6.07) is 19.0. The van der Waals surface area contributed by atoms with Gasteiger partial charge in [0.05, 0.1) is 23.2 Å². The summed E-state index contributed by atoms with van der Waals surface area (Å²) < 4.78 is 17.9. The number of carbonyl (C=O) groups is 1. The van der Waals surface area contributed by atoms with E-state index >= 15 is 0 Å². The van der Waals surface area contributed by atoms with Gasteiger partial charge in [0.15, 0.2) is 0 Å². The second-order valence-electron chi connectivity index (χ2n) is 7.62. The molecule has 0 radical (unpaired) electrons. The fourth-order valence-corrected chi connectivity index (χ4v) is 4.79. The number of rotatable bonds is 9. The predicted molar refractivity (Wildman–Crippen MR) is 142 cm³/mol. The van der Waals surface area contributed by atoms with Crippen LogP contribution in [-0.2, 0) is 17.9 Å². The van der Waals surface area contributed by atoms with Crippen molar-refractivity contribution < 1.29 is 19.0 Å². The van der Waals surface area contributed by atoms with Gasteiger partial charge in [-0.3, -0.25) is 4.79 Å². The first kappa shape index (κ1) is 26.3. The third kappa shape index (κ3) is 7.10. The molecule has 3 aromatic rings. The number of aryl methyl sites for hydroxylation is 1. The number of methoxy groups -OCH3 is 2. The maximum absolute atomic E-state index is 12.7. The number of benzene rings is 3. The fourth-order valence-electron chi connectivity index (χ4n) is 3.34. The van der Waals surface area contributed by atoms with Crippen molar-refractivity contribution in [1.29, 1.82) is 5.26 Å². The summed E-state index contributed by atoms with van der Waals surface area (Å²) >= 11 is 7.06. The van der Waals surface area contributed by atoms with E-state index in [9.17, 15) is 10.1 Å². The fraction of sp³-hybridized carbons (Fsp3) is 0.185. The zero-order chi connectivity index (χ0) is 25.4. The van der Waals surface area contributed by atoms with Crippen molar-refractivity contribution in [2.45, 2.75) is 20.1 Å². The summed E-state index contributed by atoms with van der Waals surface area (Å²) in [5.41, 5.74) is 3.63. The Hall–Kier alpha value is -3.28. The molecule has 0 saturated heterocycles. The largest absolute Gasteiger partial charge is 0.497 e. The van der Waals surface area contributed by atoms with E-state index in [-0.39, 0.29) is 12.1 Å². The van der Waals surface area contributed by atoms with Crippen LogP contribution in [-0.4, -0.2) is 20.1 Å². The normalized spacial score (nSPS) is 10.9. The van der Waals surface area contributed by atoms with Crippen molar-refractivity contribution in [3.8, 4) is 23.3 Å². The molecule has 3 aromatic carbocycles. The van der Waals surface area contributed by atoms with Gasteiger partial charge in [-0.2, -0.15) is 5.26 Å². The molecule has 0 aliphatic carbocycles. The first-order valence-electron chi connectivity index (χ1n) is 10.6. The molecule has 1 N–H and O–H groups in total. The van der Waals surface area contributed by atoms with E-state index < -0.39 is 5.91 Å². The van der Waals surface area contributed by atoms with Crippen LogP contribution in [0.2, 0.25) is 0 Å². The van der Waals surface area contributed by atoms with Crippen LogP contribution in [0.4, 0.5) is 0 Å². The lowest BCUT2D eigenvalue weighted by Gasteiger charge is -2.12. The Labute approximate surface area is 221 Å². The number of hydrogen-bond acceptors (Lipinski definition) is 5. The number of nitrogens with one attached hydrogen (secondary N) is 1. The zero-order valence-electron chi connectivity index (χ0n) is 19.5. The number of ether oxygens (including phenoxy) is 3. The average Bonchev–Trinajstić information content (AvgIpc) is 2.85. The smallest absolute Gasteiger partial charge is 0.262 e. The summed E-state index contributed by atoms with van der Waals surface area (Å²) in [7, 11) is 3.12. The molecular weight excluding hydrogens is 576 g/mol. The topological polar surface area (TPSA) is 80.6 Å². The summed E-state index contributed by atoms with van der Waals surface area (Å²) in [6.45, 7) is 2.64. The Morgan fingerprint density at radius 1 is 1.06 bits per heavy atom. The van der Waals surface area contributed by atoms with Crippen molar-refractivity contribution in [2.75, 3.05) is 14.2 Å². The molecular formula is C27H24Br2N2O4. The molecule has 0 bridgehead atoms. The van der Waals surface area contributed by atoms with Crippen molar-refractivity contribution >= 4 is 43.8 Å². The number of carbonyl (C=O) groups excluding carboxylic acids is 1. The monoisotopic (exact) mass is 598 g/mol. The van der Waals surface area contributed by atoms with Gasteiger partial charge in [-0.25, -0.2) is 0 Å². The van der Waals surface area contributed by atoms with Gasteiger partial charge in [0.2, 0.25) is 0 Å². The Morgan fingerprint density at radius 3 is 2.43 bits per heavy atom. The maximum atomic E-state index is 12.7. The highest BCUT2D eigenvalue weighted by molar-refractivity contribution is 9.11. The average molecular weight is 600 g/mol. The van der Waals surface area contributed by atoms with E-state index in [1.807, 2.05) is 31.2 Å². The van der Waals surface area contributed by atoms with Gasteiger partial charge in [-0.05, 0) is 80.3 Å². The summed E-state index contributed by atoms with van der Waals surface area (Å²) in [6.07, 6.45) is 1.53. The molecule has 0 aliphatic rings. The number of amides is 1. The van der Waals surface area contributed by atoms with Crippen LogP contribution in [0.15, 0.2) is 69.1 Å². The van der Waals surface area contributed by atoms with Gasteiger partial charge in [-0.1, -0.05) is 29.8 Å². The van der Waals surface area contributed by atoms with Crippen LogP contribution >= 0.6 is 31.9 Å². The number of nitrogens with zero attached hydrogens (tertiary/aromatic N) is 1. The molecule has 0 saturated carbocycles. The maximum Gasteiger partial charge on any atom is 0.262 e. The highest BCUT2D eigenvalue weighted by Gasteiger charge is 2.14. The summed E-state index contributed by atoms with van der Waals surface area (Å²) in [5, 5.41) is 12.3. The minimum absolute atomic E-state index is 0.0234. The molecule has 35 heavy (non-hydrogen) atoms. The molecule has 0 heterocycles. The predicted octanol–water partition coefficient (Wildman–Crippen LogP) is 6.34. The van der Waals surface area contributed by atoms with Crippen molar-refractivity contribution in [2.24, 2.45) is 0 Å². The lowest BCUT2D eigenvalue weighted by Crippen LogP contribution is -2.24. The minimum atomic E-state index is -0.489. The molecule has 1 amide bonds. The van der Waals surface area contributed by atoms with Gasteiger partial charge in [-0.15, -0.1) is 0 Å². The molecule has 180 valence electrons. The standard InChI is InChI=1S/C27H24Br2N2O4/c1-17-5-4-6-18(9-17)16-35-26-23(28)11-19(12-24(26)29)10-21(14-30)27(32)31-15-20-7-8-22(33-2)13-25(20)34-3/h4-13H,15-16H2,1-3H3,(H,31,32)/b21-10+. The second kappa shape index (κ2) is 12.4. The van der Waals surface area contributed by atoms with Crippen LogP contribution < -0.4 is 19.5 Å². The van der Waals surface area contributed by atoms with Crippen molar-refractivity contribution in [3.63, 3.8) is 0 Å². The molecule has 6 nitrogen and oxygen atoms in total. The molecule has 0 aromatic heterocycles. The third-order valence-electron chi connectivity index (χ3n) is 5.10. The van der Waals surface area contributed by atoms with Crippen LogP contribution in [0.3, 0.4) is 0 Å². The number of hydrogen-bond donors (Lipinski definition) is 1. The van der Waals surface area contributed by atoms with Crippen LogP contribution in [0.5, 0.6) is 17.2 Å². The molecule has 0 unspecified atom stereocenters. The Balaban J connectivity index is 1.72. The van der Waals surface area contributed by atoms with Gasteiger partial charge < -0.3 is 19.5 Å². The zero-order valence-corrected chi connectivity index (χ0v) is 22.7. The van der Waals surface area contributed by atoms with Crippen molar-refractivity contribution in [3.05, 3.63) is 91.4 Å². The Bertz CT molecular complexity index is 1280. The first-order chi connectivity index (χ1) is 16.8. The molecule has 0 fully saturated rings. The lowest BCUT2D eigenvalue weighted by atomic mass is 10.1. The van der Waals surface area contributed by atoms with E-state index in [1.54, 1.807) is 44.6 Å². The molecule has 0 aliphatic heterocycles. The Kier molecular flexibility index (Phi) is 9.35. The summed E-state index contributed by atoms with van der Waals surface area (Å²) in [4.78, 5) is 12.7. The van der Waals surface area contributed by atoms with E-state index in [0.29, 0.717) is 38.4 Å². The van der Waals surface area contributed by atoms with Gasteiger partial charge in [0.1, 0.15) is 35.5 Å². The SMILES string of the molecule is COc1ccc(CNC(=O)/C(C#N)=C/c2cc(Br)c(OCc3cccc(C)c3)c(Br)c2)c(OC)c1. The van der Waals surface area contributed by atoms with Gasteiger partial charge in [0.25, 0.3) is 5.91 Å². The van der Waals surface area contributed by atoms with E-state index in [2.05, 4.69) is 43.2 Å². The number of halogens is 2. The quantitative estimate of drug-likeness (QED) is 0.229. The second-order valence-corrected chi connectivity index (χ2v) is 9.33. The van der Waals surface area contributed by atoms with E-state index in [1.165, 1.54) is 6.08 Å². The highest BCUT2D eigenvalue weighted by atomic mass is 79.9. The highest BCUT2D eigenvalue weighted by Crippen LogP contribution is 2.36. The van der Waals surface area contributed by atoms with Crippen LogP contribution in [0.25, 0.3) is 6.08 Å². The lowest BCUT2D eigenvalue weighted by molar-refractivity contribution is -0.117. The third-order valence-corrected chi connectivity index (χ3v) is 6.27. The van der Waals surface area contributed by atoms with Gasteiger partial charge >= 0.3 is 0 Å². The van der Waals surface area contributed by atoms with E-state index in [4.69, 9.17) is 14.2 Å². The van der Waals surface area contributed by atoms with Crippen LogP contribution in [0, 0.1) is 18.3 Å². The van der Waals surface area contributed by atoms with E-state index in [0.717, 1.165) is 16.7 Å². The molecule has 8 heteroatoms. The molecule has 3 rings (SSSR count). The van der Waals surface area contributed by atoms with Gasteiger partial charge in [0, 0.05) is 18.2 Å². The summed E-state index contributed by atoms with van der Waals surface area (Å²) in [5.74, 6) is 1.38. The van der Waals surface area contributed by atoms with Crippen molar-refractivity contribution in [1.82, 2.24) is 5.32 Å².